The lowest BCUT2D eigenvalue weighted by Gasteiger charge is -2.14. The molecule has 0 spiro atoms. The Hall–Kier alpha value is -4.09. The van der Waals surface area contributed by atoms with Gasteiger partial charge in [-0.25, -0.2) is 13.5 Å². The summed E-state index contributed by atoms with van der Waals surface area (Å²) in [6, 6.07) is 16.6. The third kappa shape index (κ3) is 6.42. The molecule has 0 aliphatic heterocycles. The Kier molecular flexibility index (Phi) is 8.64. The molecule has 38 heavy (non-hydrogen) atoms. The van der Waals surface area contributed by atoms with Crippen LogP contribution in [0.4, 0.5) is 8.78 Å². The van der Waals surface area contributed by atoms with E-state index in [-0.39, 0.29) is 17.7 Å². The molecule has 0 atom stereocenters. The first kappa shape index (κ1) is 28.5. The summed E-state index contributed by atoms with van der Waals surface area (Å²) in [5, 5.41) is 16.5. The highest BCUT2D eigenvalue weighted by atomic mass is 32.2. The van der Waals surface area contributed by atoms with Crippen molar-refractivity contribution in [2.75, 3.05) is 6.61 Å². The Balaban J connectivity index is 0.00000400. The fraction of sp³-hybridized carbons (Fsp3) is 0.185. The van der Waals surface area contributed by atoms with Gasteiger partial charge in [0.15, 0.2) is 6.08 Å². The van der Waals surface area contributed by atoms with Crippen LogP contribution < -0.4 is 11.3 Å². The number of halogens is 2. The molecule has 4 N–H and O–H groups in total. The van der Waals surface area contributed by atoms with Crippen LogP contribution in [0.2, 0.25) is 0 Å². The number of benzene rings is 3. The van der Waals surface area contributed by atoms with E-state index in [2.05, 4.69) is 9.50 Å². The molecule has 0 fully saturated rings. The summed E-state index contributed by atoms with van der Waals surface area (Å²) in [6.07, 6.45) is -0.835. The minimum absolute atomic E-state index is 0. The molecule has 1 aromatic heterocycles. The van der Waals surface area contributed by atoms with E-state index in [9.17, 15) is 22.3 Å². The Morgan fingerprint density at radius 2 is 1.58 bits per heavy atom. The maximum atomic E-state index is 13.7. The van der Waals surface area contributed by atoms with Crippen molar-refractivity contribution < 1.29 is 27.0 Å². The van der Waals surface area contributed by atoms with Gasteiger partial charge in [0.05, 0.1) is 16.3 Å². The van der Waals surface area contributed by atoms with E-state index >= 15 is 0 Å². The first-order chi connectivity index (χ1) is 17.5. The first-order valence-electron chi connectivity index (χ1n) is 11.4. The zero-order valence-electron chi connectivity index (χ0n) is 21.4. The molecule has 0 aliphatic rings. The molecule has 0 saturated heterocycles. The van der Waals surface area contributed by atoms with E-state index in [1.165, 1.54) is 24.3 Å². The highest BCUT2D eigenvalue weighted by Gasteiger charge is 2.16. The molecule has 3 aromatic carbocycles. The fourth-order valence-electron chi connectivity index (χ4n) is 3.96. The Morgan fingerprint density at radius 3 is 2.18 bits per heavy atom. The average Bonchev–Trinajstić information content (AvgIpc) is 3.12. The van der Waals surface area contributed by atoms with Gasteiger partial charge in [-0.15, -0.1) is 4.40 Å². The molecule has 0 unspecified atom stereocenters. The zero-order chi connectivity index (χ0) is 26.7. The van der Waals surface area contributed by atoms with Crippen molar-refractivity contribution in [2.24, 2.45) is 4.40 Å². The molecular formula is C27H28F2N4O4S. The molecule has 0 amide bonds. The van der Waals surface area contributed by atoms with Crippen LogP contribution in [0.3, 0.4) is 0 Å². The summed E-state index contributed by atoms with van der Waals surface area (Å²) in [4.78, 5) is -0.0829. The van der Waals surface area contributed by atoms with Crippen LogP contribution in [0.15, 0.2) is 76.0 Å². The molecule has 1 heterocycles. The second kappa shape index (κ2) is 11.5. The number of hydrogen-bond donors (Lipinski definition) is 1. The van der Waals surface area contributed by atoms with Crippen LogP contribution in [0.25, 0.3) is 16.8 Å². The van der Waals surface area contributed by atoms with Crippen LogP contribution in [0, 0.1) is 32.4 Å². The topological polar surface area (TPSA) is 133 Å². The summed E-state index contributed by atoms with van der Waals surface area (Å²) in [6.45, 7) is 5.35. The molecule has 200 valence electrons. The van der Waals surface area contributed by atoms with Crippen LogP contribution in [0.5, 0.6) is 0 Å². The largest absolute Gasteiger partial charge is 0.599 e. The van der Waals surface area contributed by atoms with Crippen molar-refractivity contribution in [1.82, 2.24) is 15.9 Å². The highest BCUT2D eigenvalue weighted by Crippen LogP contribution is 2.30. The third-order valence-electron chi connectivity index (χ3n) is 5.75. The van der Waals surface area contributed by atoms with E-state index < -0.39 is 27.7 Å². The monoisotopic (exact) mass is 542 g/mol. The molecule has 4 aromatic rings. The predicted molar refractivity (Wildman–Crippen MR) is 140 cm³/mol. The Bertz CT molecular complexity index is 1550. The minimum atomic E-state index is -4.14. The standard InChI is InChI=1S/C27H25F2N3O4S.H3N/c1-17-4-10-25(11-5-17)37(34,35)31-27(33)36-13-12-20-6-8-24(9-7-20)32-19(3)26(18(2)30-32)21-14-22(28)16-23(29)15-21;/h4-11,14-16H,12-13H2,1-3H3,(H,31,33);1H3. The molecule has 8 nitrogen and oxygen atoms in total. The summed E-state index contributed by atoms with van der Waals surface area (Å²) >= 11 is 0. The van der Waals surface area contributed by atoms with Crippen molar-refractivity contribution in [3.05, 3.63) is 101 Å². The summed E-state index contributed by atoms with van der Waals surface area (Å²) in [5.41, 5.74) is 4.87. The fourth-order valence-corrected chi connectivity index (χ4v) is 4.79. The van der Waals surface area contributed by atoms with Crippen molar-refractivity contribution in [3.8, 4) is 16.8 Å². The van der Waals surface area contributed by atoms with Gasteiger partial charge in [-0.1, -0.05) is 29.8 Å². The molecule has 11 heteroatoms. The molecule has 0 bridgehead atoms. The second-order valence-electron chi connectivity index (χ2n) is 8.53. The minimum Gasteiger partial charge on any atom is -0.599 e. The predicted octanol–water partition coefficient (Wildman–Crippen LogP) is 4.78. The lowest BCUT2D eigenvalue weighted by atomic mass is 10.0. The van der Waals surface area contributed by atoms with E-state index in [1.807, 2.05) is 38.1 Å². The van der Waals surface area contributed by atoms with Crippen molar-refractivity contribution in [1.29, 1.82) is 0 Å². The number of sulfonamides is 1. The molecule has 0 radical (unpaired) electrons. The van der Waals surface area contributed by atoms with Crippen LogP contribution >= 0.6 is 0 Å². The second-order valence-corrected chi connectivity index (χ2v) is 10.1. The summed E-state index contributed by atoms with van der Waals surface area (Å²) < 4.78 is 61.8. The number of hydrogen-bond acceptors (Lipinski definition) is 5. The third-order valence-corrected chi connectivity index (χ3v) is 7.01. The molecule has 0 aliphatic carbocycles. The normalized spacial score (nSPS) is 11.8. The quantitative estimate of drug-likeness (QED) is 0.265. The highest BCUT2D eigenvalue weighted by molar-refractivity contribution is 7.90. The van der Waals surface area contributed by atoms with E-state index in [0.717, 1.165) is 28.6 Å². The molecular weight excluding hydrogens is 514 g/mol. The first-order valence-corrected chi connectivity index (χ1v) is 12.8. The zero-order valence-corrected chi connectivity index (χ0v) is 22.2. The lowest BCUT2D eigenvalue weighted by Crippen LogP contribution is -2.24. The SMILES string of the molecule is Cc1ccc(S(=O)(=O)N=C([O-])OCCc2ccc(-n3nc(C)c(-c4cc(F)cc(F)c4)c3C)cc2)cc1.[NH4+]. The Labute approximate surface area is 219 Å². The van der Waals surface area contributed by atoms with Gasteiger partial charge < -0.3 is 16.0 Å². The van der Waals surface area contributed by atoms with Gasteiger partial charge in [0.2, 0.25) is 0 Å². The van der Waals surface area contributed by atoms with Gasteiger partial charge in [-0.3, -0.25) is 0 Å². The van der Waals surface area contributed by atoms with E-state index in [1.54, 1.807) is 23.7 Å². The Morgan fingerprint density at radius 1 is 0.974 bits per heavy atom. The van der Waals surface area contributed by atoms with Gasteiger partial charge in [0.1, 0.15) is 11.6 Å². The average molecular weight is 543 g/mol. The summed E-state index contributed by atoms with van der Waals surface area (Å²) in [7, 11) is -4.14. The van der Waals surface area contributed by atoms with Gasteiger partial charge in [0, 0.05) is 17.3 Å². The van der Waals surface area contributed by atoms with Crippen molar-refractivity contribution >= 4 is 16.1 Å². The van der Waals surface area contributed by atoms with Crippen LogP contribution in [-0.4, -0.2) is 30.9 Å². The summed E-state index contributed by atoms with van der Waals surface area (Å²) in [5.74, 6) is -1.32. The van der Waals surface area contributed by atoms with Crippen LogP contribution in [0.1, 0.15) is 22.5 Å². The smallest absolute Gasteiger partial charge is 0.284 e. The van der Waals surface area contributed by atoms with E-state index in [4.69, 9.17) is 4.74 Å². The van der Waals surface area contributed by atoms with Crippen LogP contribution in [-0.2, 0) is 21.2 Å². The van der Waals surface area contributed by atoms with Gasteiger partial charge in [-0.05, 0) is 81.3 Å². The van der Waals surface area contributed by atoms with Crippen molar-refractivity contribution in [2.45, 2.75) is 32.1 Å². The number of ether oxygens (including phenoxy) is 1. The number of aryl methyl sites for hydroxylation is 2. The molecule has 0 saturated carbocycles. The number of quaternary nitrogens is 1. The number of aromatic nitrogens is 2. The van der Waals surface area contributed by atoms with E-state index in [0.29, 0.717) is 23.2 Å². The number of nitrogens with zero attached hydrogens (tertiary/aromatic N) is 3. The van der Waals surface area contributed by atoms with Gasteiger partial charge in [0.25, 0.3) is 10.0 Å². The maximum absolute atomic E-state index is 13.7. The number of rotatable bonds is 7. The lowest BCUT2D eigenvalue weighted by molar-refractivity contribution is -0.249. The maximum Gasteiger partial charge on any atom is 0.284 e. The van der Waals surface area contributed by atoms with Gasteiger partial charge in [-0.2, -0.15) is 13.5 Å². The van der Waals surface area contributed by atoms with Crippen molar-refractivity contribution in [3.63, 3.8) is 0 Å². The van der Waals surface area contributed by atoms with Gasteiger partial charge >= 0.3 is 0 Å². The molecule has 4 rings (SSSR count).